The van der Waals surface area contributed by atoms with Gasteiger partial charge >= 0.3 is 0 Å². The number of carbonyl (C=O) groups excluding carboxylic acids is 2. The van der Waals surface area contributed by atoms with Gasteiger partial charge in [0.2, 0.25) is 5.78 Å². The number of aryl methyl sites for hydroxylation is 1. The molecule has 1 fully saturated rings. The number of quaternary nitrogens is 1. The monoisotopic (exact) mass is 336 g/mol. The summed E-state index contributed by atoms with van der Waals surface area (Å²) < 4.78 is 7.37. The van der Waals surface area contributed by atoms with Gasteiger partial charge in [0.25, 0.3) is 5.91 Å². The van der Waals surface area contributed by atoms with Crippen molar-refractivity contribution in [3.63, 3.8) is 0 Å². The third-order valence-corrected chi connectivity index (χ3v) is 4.50. The van der Waals surface area contributed by atoms with Crippen LogP contribution < -0.4 is 10.2 Å². The highest BCUT2D eigenvalue weighted by molar-refractivity contribution is 5.98. The number of amides is 1. The molecule has 24 heavy (non-hydrogen) atoms. The number of nitrogens with one attached hydrogen (secondary N) is 2. The predicted molar refractivity (Wildman–Crippen MR) is 92.6 cm³/mol. The van der Waals surface area contributed by atoms with Crippen LogP contribution in [0.3, 0.4) is 0 Å². The van der Waals surface area contributed by atoms with Gasteiger partial charge in [0, 0.05) is 30.1 Å². The van der Waals surface area contributed by atoms with E-state index in [-0.39, 0.29) is 17.7 Å². The first-order chi connectivity index (χ1) is 11.3. The van der Waals surface area contributed by atoms with Crippen LogP contribution in [0.25, 0.3) is 0 Å². The first kappa shape index (κ1) is 18.7. The number of Topliss-reactive ketones (excluding diaryl/α,β-unsaturated/α-hetero) is 1. The van der Waals surface area contributed by atoms with E-state index in [1.165, 1.54) is 0 Å². The van der Waals surface area contributed by atoms with Gasteiger partial charge < -0.3 is 19.5 Å². The van der Waals surface area contributed by atoms with Crippen LogP contribution in [-0.4, -0.2) is 56.2 Å². The molecule has 1 aliphatic carbocycles. The highest BCUT2D eigenvalue weighted by Crippen LogP contribution is 2.21. The third kappa shape index (κ3) is 4.68. The Hall–Kier alpha value is -1.66. The molecule has 2 rings (SSSR count). The van der Waals surface area contributed by atoms with Crippen LogP contribution in [0.2, 0.25) is 0 Å². The second-order valence-corrected chi connectivity index (χ2v) is 7.03. The number of likely N-dealkylation sites (N-methyl/N-ethyl adjacent to an activating group) is 1. The van der Waals surface area contributed by atoms with Gasteiger partial charge in [0.1, 0.15) is 6.54 Å². The number of methoxy groups -OCH3 is 1. The summed E-state index contributed by atoms with van der Waals surface area (Å²) in [5, 5.41) is 2.96. The zero-order chi connectivity index (χ0) is 17.9. The normalized spacial score (nSPS) is 16.7. The van der Waals surface area contributed by atoms with Gasteiger partial charge in [0.15, 0.2) is 6.54 Å². The van der Waals surface area contributed by atoms with Crippen molar-refractivity contribution in [3.8, 4) is 0 Å². The minimum Gasteiger partial charge on any atom is -0.383 e. The molecule has 1 aliphatic rings. The van der Waals surface area contributed by atoms with E-state index in [9.17, 15) is 9.59 Å². The molecular weight excluding hydrogens is 306 g/mol. The highest BCUT2D eigenvalue weighted by atomic mass is 16.5. The summed E-state index contributed by atoms with van der Waals surface area (Å²) in [5.74, 6) is 0.109. The van der Waals surface area contributed by atoms with Crippen molar-refractivity contribution in [2.24, 2.45) is 0 Å². The number of nitrogens with zero attached hydrogens (tertiary/aromatic N) is 1. The summed E-state index contributed by atoms with van der Waals surface area (Å²) in [5.41, 5.74) is 2.78. The zero-order valence-corrected chi connectivity index (χ0v) is 15.4. The lowest BCUT2D eigenvalue weighted by Gasteiger charge is -2.18. The van der Waals surface area contributed by atoms with E-state index in [2.05, 4.69) is 16.8 Å². The number of ketones is 1. The molecule has 2 N–H and O–H groups in total. The van der Waals surface area contributed by atoms with Gasteiger partial charge in [-0.2, -0.15) is 0 Å². The number of hydrogen-bond donors (Lipinski definition) is 2. The lowest BCUT2D eigenvalue weighted by molar-refractivity contribution is -0.862. The average molecular weight is 336 g/mol. The summed E-state index contributed by atoms with van der Waals surface area (Å²) in [4.78, 5) is 25.4. The Morgan fingerprint density at radius 3 is 2.62 bits per heavy atom. The Morgan fingerprint density at radius 2 is 2.04 bits per heavy atom. The molecule has 6 heteroatoms. The minimum absolute atomic E-state index is 0.0296. The average Bonchev–Trinajstić information content (AvgIpc) is 3.22. The van der Waals surface area contributed by atoms with Crippen molar-refractivity contribution < 1.29 is 19.2 Å². The predicted octanol–water partition coefficient (Wildman–Crippen LogP) is 0.288. The third-order valence-electron chi connectivity index (χ3n) is 4.50. The Morgan fingerprint density at radius 1 is 1.38 bits per heavy atom. The standard InChI is InChI=1S/C18H29N3O3/c1-12-8-16(14(3)21(12)13(2)11-24-5)17(22)9-20(4)10-18(23)19-15-6-7-15/h8,13,15H,6-7,9-11H2,1-5H3,(H,19,23)/p+1/t13-/m1/s1. The summed E-state index contributed by atoms with van der Waals surface area (Å²) in [6.07, 6.45) is 2.16. The molecule has 0 radical (unpaired) electrons. The summed E-state index contributed by atoms with van der Waals surface area (Å²) in [6.45, 7) is 7.33. The van der Waals surface area contributed by atoms with Crippen LogP contribution >= 0.6 is 0 Å². The Balaban J connectivity index is 1.98. The molecule has 0 aromatic carbocycles. The second-order valence-electron chi connectivity index (χ2n) is 7.03. The fourth-order valence-corrected chi connectivity index (χ4v) is 3.27. The van der Waals surface area contributed by atoms with Gasteiger partial charge in [-0.15, -0.1) is 0 Å². The molecule has 0 aliphatic heterocycles. The van der Waals surface area contributed by atoms with Crippen molar-refractivity contribution in [2.45, 2.75) is 45.7 Å². The van der Waals surface area contributed by atoms with Crippen LogP contribution in [0.15, 0.2) is 6.07 Å². The van der Waals surface area contributed by atoms with Crippen molar-refractivity contribution in [3.05, 3.63) is 23.0 Å². The largest absolute Gasteiger partial charge is 0.383 e. The first-order valence-electron chi connectivity index (χ1n) is 8.64. The van der Waals surface area contributed by atoms with E-state index in [4.69, 9.17) is 4.74 Å². The summed E-state index contributed by atoms with van der Waals surface area (Å²) in [6, 6.07) is 2.50. The maximum Gasteiger partial charge on any atom is 0.275 e. The fourth-order valence-electron chi connectivity index (χ4n) is 3.27. The van der Waals surface area contributed by atoms with Crippen molar-refractivity contribution >= 4 is 11.7 Å². The van der Waals surface area contributed by atoms with E-state index in [1.807, 2.05) is 27.0 Å². The van der Waals surface area contributed by atoms with E-state index in [0.717, 1.165) is 34.7 Å². The maximum absolute atomic E-state index is 12.6. The lowest BCUT2D eigenvalue weighted by atomic mass is 10.1. The maximum atomic E-state index is 12.6. The lowest BCUT2D eigenvalue weighted by Crippen LogP contribution is -3.11. The van der Waals surface area contributed by atoms with Crippen LogP contribution in [0.5, 0.6) is 0 Å². The zero-order valence-electron chi connectivity index (χ0n) is 15.4. The number of carbonyl (C=O) groups is 2. The Labute approximate surface area is 144 Å². The summed E-state index contributed by atoms with van der Waals surface area (Å²) >= 11 is 0. The van der Waals surface area contributed by atoms with Gasteiger partial charge in [-0.25, -0.2) is 0 Å². The molecule has 2 atom stereocenters. The van der Waals surface area contributed by atoms with E-state index in [1.54, 1.807) is 7.11 Å². The molecule has 1 saturated carbocycles. The fraction of sp³-hybridized carbons (Fsp3) is 0.667. The molecule has 6 nitrogen and oxygen atoms in total. The molecule has 1 aromatic rings. The quantitative estimate of drug-likeness (QED) is 0.637. The molecule has 1 amide bonds. The van der Waals surface area contributed by atoms with Crippen LogP contribution in [0.1, 0.15) is 47.6 Å². The van der Waals surface area contributed by atoms with E-state index in [0.29, 0.717) is 25.7 Å². The van der Waals surface area contributed by atoms with Crippen LogP contribution in [0, 0.1) is 13.8 Å². The number of hydrogen-bond acceptors (Lipinski definition) is 3. The van der Waals surface area contributed by atoms with Gasteiger partial charge in [-0.05, 0) is 39.7 Å². The van der Waals surface area contributed by atoms with Crippen molar-refractivity contribution in [1.82, 2.24) is 9.88 Å². The first-order valence-corrected chi connectivity index (χ1v) is 8.64. The Bertz CT molecular complexity index is 605. The summed E-state index contributed by atoms with van der Waals surface area (Å²) in [7, 11) is 3.57. The number of aromatic nitrogens is 1. The van der Waals surface area contributed by atoms with E-state index >= 15 is 0 Å². The molecule has 0 bridgehead atoms. The smallest absolute Gasteiger partial charge is 0.275 e. The number of rotatable bonds is 9. The van der Waals surface area contributed by atoms with Crippen molar-refractivity contribution in [2.75, 3.05) is 33.9 Å². The van der Waals surface area contributed by atoms with Crippen molar-refractivity contribution in [1.29, 1.82) is 0 Å². The second kappa shape index (κ2) is 7.94. The van der Waals surface area contributed by atoms with Crippen LogP contribution in [0.4, 0.5) is 0 Å². The molecule has 0 spiro atoms. The molecular formula is C18H30N3O3+. The Kier molecular flexibility index (Phi) is 6.18. The topological polar surface area (TPSA) is 64.8 Å². The molecule has 1 aromatic heterocycles. The molecule has 1 unspecified atom stereocenters. The minimum atomic E-state index is 0.0296. The SMILES string of the molecule is COC[C@@H](C)n1c(C)cc(C(=O)C[NH+](C)CC(=O)NC2CC2)c1C. The number of ether oxygens (including phenoxy) is 1. The van der Waals surface area contributed by atoms with Gasteiger partial charge in [0.05, 0.1) is 19.7 Å². The van der Waals surface area contributed by atoms with Gasteiger partial charge in [-0.1, -0.05) is 0 Å². The molecule has 134 valence electrons. The van der Waals surface area contributed by atoms with Gasteiger partial charge in [-0.3, -0.25) is 9.59 Å². The highest BCUT2D eigenvalue weighted by Gasteiger charge is 2.26. The molecule has 0 saturated heterocycles. The van der Waals surface area contributed by atoms with Crippen LogP contribution in [-0.2, 0) is 9.53 Å². The van der Waals surface area contributed by atoms with E-state index < -0.39 is 0 Å². The molecule has 1 heterocycles.